The smallest absolute Gasteiger partial charge is 0.428 e. The fraction of sp³-hybridized carbons (Fsp3) is 0.917. The van der Waals surface area contributed by atoms with Crippen molar-refractivity contribution in [1.29, 1.82) is 0 Å². The van der Waals surface area contributed by atoms with Crippen molar-refractivity contribution in [2.45, 2.75) is 50.9 Å². The van der Waals surface area contributed by atoms with E-state index in [9.17, 15) is 23.1 Å². The first-order chi connectivity index (χ1) is 8.94. The monoisotopic (exact) mass is 301 g/mol. The molecule has 20 heavy (non-hydrogen) atoms. The molecule has 0 radical (unpaired) electrons. The Bertz CT molecular complexity index is 315. The van der Waals surface area contributed by atoms with Gasteiger partial charge in [-0.05, 0) is 33.6 Å². The van der Waals surface area contributed by atoms with Crippen LogP contribution in [0.3, 0.4) is 0 Å². The molecule has 3 N–H and O–H groups in total. The molecule has 0 bridgehead atoms. The molecule has 8 heteroatoms. The van der Waals surface area contributed by atoms with Crippen molar-refractivity contribution in [1.82, 2.24) is 0 Å². The van der Waals surface area contributed by atoms with Crippen LogP contribution in [0.4, 0.5) is 13.2 Å². The summed E-state index contributed by atoms with van der Waals surface area (Å²) in [4.78, 5) is 11.3. The topological polar surface area (TPSA) is 81.8 Å². The molecule has 0 aromatic heterocycles. The van der Waals surface area contributed by atoms with E-state index in [0.717, 1.165) is 0 Å². The Kier molecular flexibility index (Phi) is 6.92. The Morgan fingerprint density at radius 1 is 1.30 bits per heavy atom. The largest absolute Gasteiger partial charge is 0.464 e. The van der Waals surface area contributed by atoms with E-state index >= 15 is 0 Å². The van der Waals surface area contributed by atoms with Crippen LogP contribution in [0.25, 0.3) is 0 Å². The van der Waals surface area contributed by atoms with Gasteiger partial charge in [0.1, 0.15) is 0 Å². The Morgan fingerprint density at radius 3 is 2.25 bits per heavy atom. The summed E-state index contributed by atoms with van der Waals surface area (Å²) in [7, 11) is 0. The van der Waals surface area contributed by atoms with Gasteiger partial charge in [0, 0.05) is 12.1 Å². The highest BCUT2D eigenvalue weighted by Crippen LogP contribution is 2.35. The normalized spacial score (nSPS) is 15.8. The highest BCUT2D eigenvalue weighted by atomic mass is 19.4. The van der Waals surface area contributed by atoms with Gasteiger partial charge in [0.15, 0.2) is 0 Å². The Hall–Kier alpha value is -0.860. The summed E-state index contributed by atoms with van der Waals surface area (Å²) in [6.07, 6.45) is -6.06. The third kappa shape index (κ3) is 6.06. The van der Waals surface area contributed by atoms with Gasteiger partial charge in [-0.3, -0.25) is 0 Å². The van der Waals surface area contributed by atoms with Crippen molar-refractivity contribution in [3.63, 3.8) is 0 Å². The van der Waals surface area contributed by atoms with Crippen LogP contribution in [0, 0.1) is 0 Å². The van der Waals surface area contributed by atoms with E-state index in [0.29, 0.717) is 0 Å². The van der Waals surface area contributed by atoms with Crippen LogP contribution >= 0.6 is 0 Å². The second-order valence-electron chi connectivity index (χ2n) is 5.22. The van der Waals surface area contributed by atoms with Crippen LogP contribution < -0.4 is 5.73 Å². The zero-order valence-electron chi connectivity index (χ0n) is 11.9. The maximum absolute atomic E-state index is 12.8. The molecule has 0 aromatic carbocycles. The van der Waals surface area contributed by atoms with Crippen LogP contribution in [-0.4, -0.2) is 48.2 Å². The Morgan fingerprint density at radius 2 is 1.85 bits per heavy atom. The first-order valence-electron chi connectivity index (χ1n) is 6.27. The van der Waals surface area contributed by atoms with Gasteiger partial charge in [0.25, 0.3) is 5.60 Å². The van der Waals surface area contributed by atoms with E-state index in [1.165, 1.54) is 6.92 Å². The number of aliphatic hydroxyl groups is 1. The quantitative estimate of drug-likeness (QED) is 0.523. The van der Waals surface area contributed by atoms with Crippen LogP contribution in [0.2, 0.25) is 0 Å². The molecule has 0 spiro atoms. The lowest BCUT2D eigenvalue weighted by molar-refractivity contribution is -0.265. The summed E-state index contributed by atoms with van der Waals surface area (Å²) >= 11 is 0. The molecule has 0 aliphatic rings. The average molecular weight is 301 g/mol. The van der Waals surface area contributed by atoms with Crippen LogP contribution in [0.1, 0.15) is 33.6 Å². The first kappa shape index (κ1) is 19.1. The zero-order valence-corrected chi connectivity index (χ0v) is 11.9. The number of esters is 1. The van der Waals surface area contributed by atoms with Crippen LogP contribution in [0.15, 0.2) is 0 Å². The van der Waals surface area contributed by atoms with E-state index < -0.39 is 29.7 Å². The Balaban J connectivity index is 4.44. The van der Waals surface area contributed by atoms with E-state index in [1.54, 1.807) is 13.8 Å². The molecule has 0 saturated carbocycles. The predicted molar refractivity (Wildman–Crippen MR) is 66.0 cm³/mol. The standard InChI is InChI=1S/C12H22F3NO4/c1-4-20-9(17)11(18,12(13,14)15)6-5-7-19-8-10(2,3)16/h18H,4-8,16H2,1-3H3. The average Bonchev–Trinajstić information content (AvgIpc) is 2.25. The second-order valence-corrected chi connectivity index (χ2v) is 5.22. The molecule has 0 saturated heterocycles. The number of rotatable bonds is 8. The minimum atomic E-state index is -5.09. The number of halogens is 3. The molecule has 0 rings (SSSR count). The van der Waals surface area contributed by atoms with Crippen molar-refractivity contribution in [3.8, 4) is 0 Å². The third-order valence-corrected chi connectivity index (χ3v) is 2.38. The number of nitrogens with two attached hydrogens (primary N) is 1. The van der Waals surface area contributed by atoms with Crippen molar-refractivity contribution < 1.29 is 32.5 Å². The number of carbonyl (C=O) groups is 1. The van der Waals surface area contributed by atoms with E-state index in [-0.39, 0.29) is 26.2 Å². The molecule has 0 fully saturated rings. The molecule has 1 unspecified atom stereocenters. The molecule has 0 amide bonds. The van der Waals surface area contributed by atoms with Gasteiger partial charge in [-0.15, -0.1) is 0 Å². The number of alkyl halides is 3. The summed E-state index contributed by atoms with van der Waals surface area (Å²) < 4.78 is 47.7. The minimum absolute atomic E-state index is 0.0432. The summed E-state index contributed by atoms with van der Waals surface area (Å²) in [5.41, 5.74) is 1.54. The number of carbonyl (C=O) groups excluding carboxylic acids is 1. The molecule has 1 atom stereocenters. The van der Waals surface area contributed by atoms with Gasteiger partial charge in [-0.1, -0.05) is 0 Å². The van der Waals surface area contributed by atoms with Gasteiger partial charge < -0.3 is 20.3 Å². The van der Waals surface area contributed by atoms with Crippen LogP contribution in [0.5, 0.6) is 0 Å². The second kappa shape index (κ2) is 7.24. The predicted octanol–water partition coefficient (Wildman–Crippen LogP) is 1.38. The van der Waals surface area contributed by atoms with Gasteiger partial charge in [-0.2, -0.15) is 13.2 Å². The summed E-state index contributed by atoms with van der Waals surface area (Å²) in [6, 6.07) is 0. The van der Waals surface area contributed by atoms with Crippen LogP contribution in [-0.2, 0) is 14.3 Å². The fourth-order valence-electron chi connectivity index (χ4n) is 1.38. The van der Waals surface area contributed by atoms with E-state index in [4.69, 9.17) is 10.5 Å². The van der Waals surface area contributed by atoms with Gasteiger partial charge >= 0.3 is 12.1 Å². The van der Waals surface area contributed by atoms with Crippen molar-refractivity contribution >= 4 is 5.97 Å². The molecule has 0 aliphatic carbocycles. The lowest BCUT2D eigenvalue weighted by Gasteiger charge is -2.28. The van der Waals surface area contributed by atoms with Crippen molar-refractivity contribution in [2.24, 2.45) is 5.73 Å². The maximum atomic E-state index is 12.8. The molecule has 120 valence electrons. The third-order valence-electron chi connectivity index (χ3n) is 2.38. The van der Waals surface area contributed by atoms with E-state index in [2.05, 4.69) is 4.74 Å². The number of hydrogen-bond donors (Lipinski definition) is 2. The zero-order chi connectivity index (χ0) is 16.0. The minimum Gasteiger partial charge on any atom is -0.464 e. The lowest BCUT2D eigenvalue weighted by atomic mass is 9.97. The summed E-state index contributed by atoms with van der Waals surface area (Å²) in [6.45, 7) is 4.65. The van der Waals surface area contributed by atoms with Crippen molar-refractivity contribution in [3.05, 3.63) is 0 Å². The maximum Gasteiger partial charge on any atom is 0.428 e. The molecule has 0 heterocycles. The fourth-order valence-corrected chi connectivity index (χ4v) is 1.38. The Labute approximate surface area is 116 Å². The molecular formula is C12H22F3NO4. The molecular weight excluding hydrogens is 279 g/mol. The summed E-state index contributed by atoms with van der Waals surface area (Å²) in [5.74, 6) is -1.69. The molecule has 5 nitrogen and oxygen atoms in total. The van der Waals surface area contributed by atoms with Gasteiger partial charge in [0.05, 0.1) is 13.2 Å². The first-order valence-corrected chi connectivity index (χ1v) is 6.27. The highest BCUT2D eigenvalue weighted by Gasteiger charge is 2.60. The van der Waals surface area contributed by atoms with Gasteiger partial charge in [0.2, 0.25) is 0 Å². The molecule has 0 aliphatic heterocycles. The lowest BCUT2D eigenvalue weighted by Crippen LogP contribution is -2.53. The van der Waals surface area contributed by atoms with Gasteiger partial charge in [-0.25, -0.2) is 4.79 Å². The van der Waals surface area contributed by atoms with E-state index in [1.807, 2.05) is 0 Å². The number of ether oxygens (including phenoxy) is 2. The molecule has 0 aromatic rings. The SMILES string of the molecule is CCOC(=O)C(O)(CCCOCC(C)(C)N)C(F)(F)F. The highest BCUT2D eigenvalue weighted by molar-refractivity contribution is 5.80. The summed E-state index contributed by atoms with van der Waals surface area (Å²) in [5, 5.41) is 9.53. The number of hydrogen-bond acceptors (Lipinski definition) is 5. The van der Waals surface area contributed by atoms with Crippen molar-refractivity contribution in [2.75, 3.05) is 19.8 Å².